The fraction of sp³-hybridized carbons (Fsp3) is 0.278. The summed E-state index contributed by atoms with van der Waals surface area (Å²) < 4.78 is 0. The maximum Gasteiger partial charge on any atom is 0.251 e. The molecule has 0 saturated carbocycles. The molecule has 1 amide bonds. The summed E-state index contributed by atoms with van der Waals surface area (Å²) in [6.45, 7) is 6.36. The van der Waals surface area contributed by atoms with Crippen LogP contribution in [-0.2, 0) is 0 Å². The highest BCUT2D eigenvalue weighted by Crippen LogP contribution is 2.22. The van der Waals surface area contributed by atoms with E-state index in [9.17, 15) is 4.79 Å². The van der Waals surface area contributed by atoms with Crippen molar-refractivity contribution in [2.24, 2.45) is 0 Å². The number of nitrogens with one attached hydrogen (secondary N) is 2. The molecule has 0 fully saturated rings. The van der Waals surface area contributed by atoms with Crippen LogP contribution in [0.15, 0.2) is 42.5 Å². The fourth-order valence-electron chi connectivity index (χ4n) is 2.26. The molecule has 0 saturated heterocycles. The molecule has 2 N–H and O–H groups in total. The van der Waals surface area contributed by atoms with E-state index in [0.29, 0.717) is 5.56 Å². The van der Waals surface area contributed by atoms with E-state index in [4.69, 9.17) is 0 Å². The Kier molecular flexibility index (Phi) is 4.63. The Labute approximate surface area is 126 Å². The third kappa shape index (κ3) is 3.63. The molecule has 2 aromatic carbocycles. The van der Waals surface area contributed by atoms with Crippen LogP contribution >= 0.6 is 0 Å². The van der Waals surface area contributed by atoms with Crippen molar-refractivity contribution < 1.29 is 4.79 Å². The first-order valence-corrected chi connectivity index (χ1v) is 7.17. The second-order valence-electron chi connectivity index (χ2n) is 5.37. The number of anilines is 1. The van der Waals surface area contributed by atoms with Crippen molar-refractivity contribution >= 4 is 11.6 Å². The predicted octanol–water partition coefficient (Wildman–Crippen LogP) is 3.84. The topological polar surface area (TPSA) is 41.1 Å². The minimum Gasteiger partial charge on any atom is -0.379 e. The number of carbonyl (C=O) groups excluding carboxylic acids is 1. The van der Waals surface area contributed by atoms with E-state index in [1.807, 2.05) is 24.3 Å². The summed E-state index contributed by atoms with van der Waals surface area (Å²) in [6.07, 6.45) is 0. The molecule has 1 atom stereocenters. The molecule has 21 heavy (non-hydrogen) atoms. The second-order valence-corrected chi connectivity index (χ2v) is 5.37. The van der Waals surface area contributed by atoms with Gasteiger partial charge < -0.3 is 10.6 Å². The van der Waals surface area contributed by atoms with Crippen molar-refractivity contribution in [1.82, 2.24) is 5.32 Å². The minimum atomic E-state index is -0.0718. The molecule has 0 aliphatic rings. The smallest absolute Gasteiger partial charge is 0.251 e. The molecule has 2 aromatic rings. The van der Waals surface area contributed by atoms with Gasteiger partial charge in [0.15, 0.2) is 0 Å². The van der Waals surface area contributed by atoms with Gasteiger partial charge in [0.1, 0.15) is 0 Å². The van der Waals surface area contributed by atoms with Gasteiger partial charge in [0.25, 0.3) is 5.91 Å². The van der Waals surface area contributed by atoms with Crippen LogP contribution in [0.5, 0.6) is 0 Å². The van der Waals surface area contributed by atoms with Crippen LogP contribution in [0, 0.1) is 13.8 Å². The Morgan fingerprint density at radius 1 is 1.05 bits per heavy atom. The Morgan fingerprint density at radius 2 is 1.81 bits per heavy atom. The molecule has 1 unspecified atom stereocenters. The van der Waals surface area contributed by atoms with Gasteiger partial charge in [-0.3, -0.25) is 4.79 Å². The van der Waals surface area contributed by atoms with Crippen molar-refractivity contribution in [3.63, 3.8) is 0 Å². The van der Waals surface area contributed by atoms with Gasteiger partial charge in [-0.15, -0.1) is 0 Å². The van der Waals surface area contributed by atoms with Gasteiger partial charge in [-0.25, -0.2) is 0 Å². The van der Waals surface area contributed by atoms with Gasteiger partial charge in [0, 0.05) is 24.3 Å². The molecule has 0 aliphatic heterocycles. The molecular formula is C18H22N2O. The molecule has 0 radical (unpaired) electrons. The highest BCUT2D eigenvalue weighted by Gasteiger charge is 2.08. The second kappa shape index (κ2) is 6.44. The SMILES string of the molecule is CNC(=O)c1cccc(NC(C)c2ccc(C)c(C)c2)c1. The molecule has 0 bridgehead atoms. The van der Waals surface area contributed by atoms with Crippen LogP contribution in [0.25, 0.3) is 0 Å². The molecule has 0 aromatic heterocycles. The molecule has 3 nitrogen and oxygen atoms in total. The van der Waals surface area contributed by atoms with E-state index in [0.717, 1.165) is 5.69 Å². The summed E-state index contributed by atoms with van der Waals surface area (Å²) in [5, 5.41) is 6.08. The average molecular weight is 282 g/mol. The lowest BCUT2D eigenvalue weighted by Gasteiger charge is -2.17. The summed E-state index contributed by atoms with van der Waals surface area (Å²) >= 11 is 0. The number of benzene rings is 2. The normalized spacial score (nSPS) is 11.8. The van der Waals surface area contributed by atoms with E-state index in [2.05, 4.69) is 49.6 Å². The zero-order chi connectivity index (χ0) is 15.4. The number of hydrogen-bond acceptors (Lipinski definition) is 2. The van der Waals surface area contributed by atoms with Crippen molar-refractivity contribution in [2.45, 2.75) is 26.8 Å². The summed E-state index contributed by atoms with van der Waals surface area (Å²) in [4.78, 5) is 11.7. The van der Waals surface area contributed by atoms with Crippen LogP contribution in [0.3, 0.4) is 0 Å². The van der Waals surface area contributed by atoms with Crippen LogP contribution in [0.1, 0.15) is 40.0 Å². The third-order valence-corrected chi connectivity index (χ3v) is 3.77. The lowest BCUT2D eigenvalue weighted by Crippen LogP contribution is -2.18. The first-order chi connectivity index (χ1) is 10.0. The quantitative estimate of drug-likeness (QED) is 0.894. The van der Waals surface area contributed by atoms with Crippen LogP contribution < -0.4 is 10.6 Å². The van der Waals surface area contributed by atoms with E-state index in [-0.39, 0.29) is 11.9 Å². The lowest BCUT2D eigenvalue weighted by atomic mass is 10.0. The van der Waals surface area contributed by atoms with E-state index in [1.165, 1.54) is 16.7 Å². The zero-order valence-electron chi connectivity index (χ0n) is 13.0. The number of carbonyl (C=O) groups is 1. The summed E-state index contributed by atoms with van der Waals surface area (Å²) in [6, 6.07) is 14.2. The monoisotopic (exact) mass is 282 g/mol. The van der Waals surface area contributed by atoms with Crippen LogP contribution in [0.2, 0.25) is 0 Å². The maximum absolute atomic E-state index is 11.7. The summed E-state index contributed by atoms with van der Waals surface area (Å²) in [5.41, 5.74) is 5.44. The van der Waals surface area contributed by atoms with Crippen molar-refractivity contribution in [2.75, 3.05) is 12.4 Å². The number of amides is 1. The molecule has 0 heterocycles. The highest BCUT2D eigenvalue weighted by molar-refractivity contribution is 5.94. The first-order valence-electron chi connectivity index (χ1n) is 7.17. The zero-order valence-corrected chi connectivity index (χ0v) is 13.0. The van der Waals surface area contributed by atoms with Gasteiger partial charge in [-0.1, -0.05) is 24.3 Å². The highest BCUT2D eigenvalue weighted by atomic mass is 16.1. The van der Waals surface area contributed by atoms with Gasteiger partial charge in [-0.05, 0) is 55.7 Å². The van der Waals surface area contributed by atoms with Crippen molar-refractivity contribution in [3.05, 3.63) is 64.7 Å². The summed E-state index contributed by atoms with van der Waals surface area (Å²) in [7, 11) is 1.64. The third-order valence-electron chi connectivity index (χ3n) is 3.77. The van der Waals surface area contributed by atoms with Crippen LogP contribution in [0.4, 0.5) is 5.69 Å². The Balaban J connectivity index is 2.17. The van der Waals surface area contributed by atoms with Gasteiger partial charge >= 0.3 is 0 Å². The molecule has 3 heteroatoms. The molecule has 110 valence electrons. The summed E-state index contributed by atoms with van der Waals surface area (Å²) in [5.74, 6) is -0.0718. The predicted molar refractivity (Wildman–Crippen MR) is 87.8 cm³/mol. The standard InChI is InChI=1S/C18H22N2O/c1-12-8-9-15(10-13(12)2)14(3)20-17-7-5-6-16(11-17)18(21)19-4/h5-11,14,20H,1-4H3,(H,19,21). The van der Waals surface area contributed by atoms with E-state index in [1.54, 1.807) is 7.05 Å². The molecular weight excluding hydrogens is 260 g/mol. The molecule has 0 aliphatic carbocycles. The van der Waals surface area contributed by atoms with Crippen LogP contribution in [-0.4, -0.2) is 13.0 Å². The maximum atomic E-state index is 11.7. The number of hydrogen-bond donors (Lipinski definition) is 2. The van der Waals surface area contributed by atoms with Crippen molar-refractivity contribution in [1.29, 1.82) is 0 Å². The average Bonchev–Trinajstić information content (AvgIpc) is 2.49. The van der Waals surface area contributed by atoms with Gasteiger partial charge in [-0.2, -0.15) is 0 Å². The number of aryl methyl sites for hydroxylation is 2. The lowest BCUT2D eigenvalue weighted by molar-refractivity contribution is 0.0963. The largest absolute Gasteiger partial charge is 0.379 e. The molecule has 2 rings (SSSR count). The van der Waals surface area contributed by atoms with Gasteiger partial charge in [0.2, 0.25) is 0 Å². The minimum absolute atomic E-state index is 0.0718. The van der Waals surface area contributed by atoms with E-state index >= 15 is 0 Å². The first kappa shape index (κ1) is 15.1. The van der Waals surface area contributed by atoms with Crippen molar-refractivity contribution in [3.8, 4) is 0 Å². The molecule has 0 spiro atoms. The Morgan fingerprint density at radius 3 is 2.48 bits per heavy atom. The Bertz CT molecular complexity index is 649. The van der Waals surface area contributed by atoms with Gasteiger partial charge in [0.05, 0.1) is 0 Å². The Hall–Kier alpha value is -2.29. The number of rotatable bonds is 4. The van der Waals surface area contributed by atoms with E-state index < -0.39 is 0 Å². The fourth-order valence-corrected chi connectivity index (χ4v) is 2.26.